The van der Waals surface area contributed by atoms with E-state index in [4.69, 9.17) is 0 Å². The van der Waals surface area contributed by atoms with Crippen molar-refractivity contribution in [2.24, 2.45) is 17.8 Å². The van der Waals surface area contributed by atoms with Gasteiger partial charge in [-0.15, -0.1) is 0 Å². The molecule has 1 nitrogen and oxygen atoms in total. The van der Waals surface area contributed by atoms with Crippen LogP contribution >= 0.6 is 0 Å². The summed E-state index contributed by atoms with van der Waals surface area (Å²) in [6.07, 6.45) is 8.39. The van der Waals surface area contributed by atoms with Crippen LogP contribution in [0.5, 0.6) is 0 Å². The first-order valence-corrected chi connectivity index (χ1v) is 20.3. The minimum absolute atomic E-state index is 0.0227. The van der Waals surface area contributed by atoms with Crippen LogP contribution in [0.15, 0.2) is 158 Å². The molecular weight excluding hydrogens is 651 g/mol. The Morgan fingerprint density at radius 2 is 0.981 bits per heavy atom. The summed E-state index contributed by atoms with van der Waals surface area (Å²) < 4.78 is 0. The fraction of sp³-hybridized carbons (Fsp3) is 0.245. The third-order valence-corrected chi connectivity index (χ3v) is 14.0. The lowest BCUT2D eigenvalue weighted by molar-refractivity contribution is -0.00491. The van der Waals surface area contributed by atoms with E-state index in [1.165, 1.54) is 111 Å². The number of rotatable bonds is 6. The zero-order chi connectivity index (χ0) is 36.0. The third kappa shape index (κ3) is 4.90. The van der Waals surface area contributed by atoms with Gasteiger partial charge in [0.15, 0.2) is 0 Å². The van der Waals surface area contributed by atoms with Gasteiger partial charge in [0.2, 0.25) is 0 Å². The number of nitrogens with zero attached hydrogens (tertiary/aromatic N) is 1. The SMILES string of the molecule is CC1(C)c2ccccc2-c2cc(N(c3ccc(-c4cccc5cccc(-c6ccccc6)c45)cc3)c3ccccc3C34CC5CC(CC(C5)C3)C4)ccc21. The van der Waals surface area contributed by atoms with Crippen molar-refractivity contribution in [3.8, 4) is 33.4 Å². The average Bonchev–Trinajstić information content (AvgIpc) is 3.43. The van der Waals surface area contributed by atoms with Crippen LogP contribution in [0.3, 0.4) is 0 Å². The molecule has 0 aliphatic heterocycles. The van der Waals surface area contributed by atoms with Crippen LogP contribution < -0.4 is 4.90 Å². The smallest absolute Gasteiger partial charge is 0.0499 e. The highest BCUT2D eigenvalue weighted by atomic mass is 15.1. The van der Waals surface area contributed by atoms with E-state index in [1.807, 2.05) is 0 Å². The second-order valence-electron chi connectivity index (χ2n) is 17.6. The van der Waals surface area contributed by atoms with Crippen molar-refractivity contribution < 1.29 is 0 Å². The molecule has 12 rings (SSSR count). The Labute approximate surface area is 320 Å². The highest BCUT2D eigenvalue weighted by Gasteiger charge is 2.52. The molecule has 0 spiro atoms. The normalized spacial score (nSPS) is 23.0. The Hall–Kier alpha value is -5.40. The first kappa shape index (κ1) is 32.1. The molecule has 54 heavy (non-hydrogen) atoms. The molecule has 5 aliphatic carbocycles. The van der Waals surface area contributed by atoms with Gasteiger partial charge in [-0.25, -0.2) is 0 Å². The second kappa shape index (κ2) is 12.1. The predicted molar refractivity (Wildman–Crippen MR) is 227 cm³/mol. The maximum absolute atomic E-state index is 2.60. The molecule has 4 fully saturated rings. The Morgan fingerprint density at radius 3 is 1.67 bits per heavy atom. The van der Waals surface area contributed by atoms with Gasteiger partial charge in [-0.3, -0.25) is 0 Å². The molecule has 4 saturated carbocycles. The van der Waals surface area contributed by atoms with Gasteiger partial charge in [0.1, 0.15) is 0 Å². The van der Waals surface area contributed by atoms with Crippen molar-refractivity contribution in [3.63, 3.8) is 0 Å². The van der Waals surface area contributed by atoms with Gasteiger partial charge >= 0.3 is 0 Å². The molecule has 0 aromatic heterocycles. The Balaban J connectivity index is 1.08. The molecule has 1 heteroatoms. The van der Waals surface area contributed by atoms with E-state index in [9.17, 15) is 0 Å². The third-order valence-electron chi connectivity index (χ3n) is 14.0. The Bertz CT molecular complexity index is 2520. The molecule has 0 heterocycles. The highest BCUT2D eigenvalue weighted by molar-refractivity contribution is 6.06. The number of hydrogen-bond acceptors (Lipinski definition) is 1. The second-order valence-corrected chi connectivity index (χ2v) is 17.6. The summed E-state index contributed by atoms with van der Waals surface area (Å²) in [6.45, 7) is 4.76. The topological polar surface area (TPSA) is 3.24 Å². The molecule has 0 saturated heterocycles. The molecule has 264 valence electrons. The van der Waals surface area contributed by atoms with E-state index in [-0.39, 0.29) is 10.8 Å². The van der Waals surface area contributed by atoms with E-state index in [2.05, 4.69) is 176 Å². The summed E-state index contributed by atoms with van der Waals surface area (Å²) in [6, 6.07) is 59.6. The summed E-state index contributed by atoms with van der Waals surface area (Å²) in [7, 11) is 0. The van der Waals surface area contributed by atoms with Crippen LogP contribution in [0, 0.1) is 17.8 Å². The van der Waals surface area contributed by atoms with Gasteiger partial charge < -0.3 is 4.90 Å². The van der Waals surface area contributed by atoms with Crippen LogP contribution in [0.2, 0.25) is 0 Å². The van der Waals surface area contributed by atoms with Gasteiger partial charge in [-0.05, 0) is 153 Å². The first-order valence-electron chi connectivity index (χ1n) is 20.3. The summed E-state index contributed by atoms with van der Waals surface area (Å²) in [4.78, 5) is 2.60. The van der Waals surface area contributed by atoms with E-state index < -0.39 is 0 Å². The van der Waals surface area contributed by atoms with Gasteiger partial charge in [-0.1, -0.05) is 141 Å². The van der Waals surface area contributed by atoms with Crippen molar-refractivity contribution in [1.82, 2.24) is 0 Å². The molecular formula is C53H47N. The van der Waals surface area contributed by atoms with Crippen molar-refractivity contribution >= 4 is 27.8 Å². The average molecular weight is 698 g/mol. The first-order chi connectivity index (χ1) is 26.4. The minimum atomic E-state index is -0.0227. The lowest BCUT2D eigenvalue weighted by atomic mass is 9.48. The van der Waals surface area contributed by atoms with Crippen molar-refractivity contribution in [1.29, 1.82) is 0 Å². The van der Waals surface area contributed by atoms with E-state index >= 15 is 0 Å². The van der Waals surface area contributed by atoms with Crippen LogP contribution in [-0.4, -0.2) is 0 Å². The number of anilines is 3. The zero-order valence-electron chi connectivity index (χ0n) is 31.4. The highest BCUT2D eigenvalue weighted by Crippen LogP contribution is 2.62. The molecule has 4 bridgehead atoms. The van der Waals surface area contributed by atoms with Crippen LogP contribution in [0.25, 0.3) is 44.2 Å². The largest absolute Gasteiger partial charge is 0.310 e. The van der Waals surface area contributed by atoms with Crippen LogP contribution in [-0.2, 0) is 10.8 Å². The van der Waals surface area contributed by atoms with Crippen LogP contribution in [0.4, 0.5) is 17.1 Å². The summed E-state index contributed by atoms with van der Waals surface area (Å²) in [5.41, 5.74) is 16.2. The lowest BCUT2D eigenvalue weighted by Crippen LogP contribution is -2.48. The molecule has 0 atom stereocenters. The fourth-order valence-electron chi connectivity index (χ4n) is 12.1. The Kier molecular flexibility index (Phi) is 7.16. The predicted octanol–water partition coefficient (Wildman–Crippen LogP) is 14.4. The molecule has 0 unspecified atom stereocenters. The van der Waals surface area contributed by atoms with Crippen molar-refractivity contribution in [2.75, 3.05) is 4.90 Å². The number of benzene rings is 7. The minimum Gasteiger partial charge on any atom is -0.310 e. The van der Waals surface area contributed by atoms with Crippen LogP contribution in [0.1, 0.15) is 69.1 Å². The molecule has 5 aliphatic rings. The van der Waals surface area contributed by atoms with Gasteiger partial charge in [0.05, 0.1) is 0 Å². The van der Waals surface area contributed by atoms with Crippen molar-refractivity contribution in [2.45, 2.75) is 63.2 Å². The van der Waals surface area contributed by atoms with E-state index in [0.717, 1.165) is 17.8 Å². The maximum atomic E-state index is 2.60. The van der Waals surface area contributed by atoms with E-state index in [0.29, 0.717) is 0 Å². The van der Waals surface area contributed by atoms with Gasteiger partial charge in [0.25, 0.3) is 0 Å². The fourth-order valence-corrected chi connectivity index (χ4v) is 12.1. The van der Waals surface area contributed by atoms with Gasteiger partial charge in [0, 0.05) is 22.5 Å². The quantitative estimate of drug-likeness (QED) is 0.167. The Morgan fingerprint density at radius 1 is 0.444 bits per heavy atom. The number of hydrogen-bond donors (Lipinski definition) is 0. The molecule has 0 amide bonds. The molecule has 7 aromatic carbocycles. The number of fused-ring (bicyclic) bond motifs is 4. The standard InChI is InChI=1S/C53H47N/c1-52(2)47-19-7-6-16-45(47)46-31-42(26-27-48(46)52)54(50-21-9-8-20-49(50)53-32-35-28-36(33-53)30-37(29-35)34-53)41-24-22-39(23-25-41)44-18-11-15-40-14-10-17-43(51(40)44)38-12-4-3-5-13-38/h3-27,31,35-37H,28-30,32-34H2,1-2H3. The van der Waals surface area contributed by atoms with E-state index in [1.54, 1.807) is 5.56 Å². The molecule has 0 N–H and O–H groups in total. The number of para-hydroxylation sites is 1. The van der Waals surface area contributed by atoms with Crippen molar-refractivity contribution in [3.05, 3.63) is 174 Å². The zero-order valence-corrected chi connectivity index (χ0v) is 31.4. The summed E-state index contributed by atoms with van der Waals surface area (Å²) >= 11 is 0. The molecule has 7 aromatic rings. The van der Waals surface area contributed by atoms with Gasteiger partial charge in [-0.2, -0.15) is 0 Å². The molecule has 0 radical (unpaired) electrons. The summed E-state index contributed by atoms with van der Waals surface area (Å²) in [5.74, 6) is 2.66. The summed E-state index contributed by atoms with van der Waals surface area (Å²) in [5, 5.41) is 2.58. The lowest BCUT2D eigenvalue weighted by Gasteiger charge is -2.57. The maximum Gasteiger partial charge on any atom is 0.0499 e. The monoisotopic (exact) mass is 697 g/mol.